The lowest BCUT2D eigenvalue weighted by Gasteiger charge is -2.35. The van der Waals surface area contributed by atoms with Crippen LogP contribution in [0.1, 0.15) is 31.1 Å². The summed E-state index contributed by atoms with van der Waals surface area (Å²) in [6.45, 7) is 7.47. The third-order valence-electron chi connectivity index (χ3n) is 8.52. The van der Waals surface area contributed by atoms with Gasteiger partial charge in [0.25, 0.3) is 0 Å². The molecule has 3 aliphatic heterocycles. The highest BCUT2D eigenvalue weighted by molar-refractivity contribution is 7.88. The predicted molar refractivity (Wildman–Crippen MR) is 165 cm³/mol. The maximum atomic E-state index is 12.2. The Hall–Kier alpha value is -3.52. The number of sulfonamides is 1. The maximum Gasteiger partial charge on any atom is 0.211 e. The van der Waals surface area contributed by atoms with Crippen molar-refractivity contribution < 1.29 is 17.9 Å². The van der Waals surface area contributed by atoms with E-state index < -0.39 is 10.0 Å². The van der Waals surface area contributed by atoms with Gasteiger partial charge >= 0.3 is 0 Å². The van der Waals surface area contributed by atoms with Crippen molar-refractivity contribution in [2.45, 2.75) is 32.4 Å². The van der Waals surface area contributed by atoms with Crippen LogP contribution in [0.2, 0.25) is 0 Å². The molecule has 0 aliphatic carbocycles. The van der Waals surface area contributed by atoms with E-state index in [1.807, 2.05) is 23.0 Å². The second-order valence-electron chi connectivity index (χ2n) is 11.5. The lowest BCUT2D eigenvalue weighted by atomic mass is 10.1. The Bertz CT molecular complexity index is 1720. The topological polar surface area (TPSA) is 111 Å². The van der Waals surface area contributed by atoms with Crippen LogP contribution in [0.4, 0.5) is 11.6 Å². The molecule has 1 atom stereocenters. The van der Waals surface area contributed by atoms with Gasteiger partial charge in [0.2, 0.25) is 16.0 Å². The van der Waals surface area contributed by atoms with E-state index in [0.717, 1.165) is 66.4 Å². The Morgan fingerprint density at radius 2 is 1.72 bits per heavy atom. The number of nitrogens with zero attached hydrogens (tertiary/aromatic N) is 8. The number of pyridine rings is 1. The average molecular weight is 607 g/mol. The van der Waals surface area contributed by atoms with Gasteiger partial charge < -0.3 is 19.3 Å². The molecular weight excluding hydrogens is 568 g/mol. The van der Waals surface area contributed by atoms with Gasteiger partial charge in [-0.25, -0.2) is 23.1 Å². The molecule has 228 valence electrons. The van der Waals surface area contributed by atoms with Crippen molar-refractivity contribution in [3.05, 3.63) is 48.2 Å². The van der Waals surface area contributed by atoms with Crippen LogP contribution in [-0.2, 0) is 19.5 Å². The summed E-state index contributed by atoms with van der Waals surface area (Å²) in [6, 6.07) is 12.4. The Morgan fingerprint density at radius 3 is 2.44 bits per heavy atom. The Balaban J connectivity index is 1.36. The zero-order chi connectivity index (χ0) is 29.6. The number of hydrogen-bond donors (Lipinski definition) is 0. The normalized spacial score (nSPS) is 20.7. The second-order valence-corrected chi connectivity index (χ2v) is 13.5. The molecule has 0 radical (unpaired) electrons. The summed E-state index contributed by atoms with van der Waals surface area (Å²) in [5.41, 5.74) is 5.67. The van der Waals surface area contributed by atoms with Crippen molar-refractivity contribution in [3.63, 3.8) is 0 Å². The number of morpholine rings is 1. The van der Waals surface area contributed by atoms with Crippen LogP contribution in [-0.4, -0.2) is 102 Å². The Kier molecular flexibility index (Phi) is 7.58. The fraction of sp³-hybridized carbons (Fsp3) is 0.500. The lowest BCUT2D eigenvalue weighted by Crippen LogP contribution is -2.49. The van der Waals surface area contributed by atoms with Gasteiger partial charge in [-0.2, -0.15) is 9.40 Å². The first kappa shape index (κ1) is 28.3. The molecule has 7 rings (SSSR count). The van der Waals surface area contributed by atoms with Gasteiger partial charge in [-0.15, -0.1) is 0 Å². The van der Waals surface area contributed by atoms with Gasteiger partial charge in [0.05, 0.1) is 30.9 Å². The number of benzene rings is 1. The highest BCUT2D eigenvalue weighted by Gasteiger charge is 2.32. The molecule has 0 saturated carbocycles. The van der Waals surface area contributed by atoms with Crippen molar-refractivity contribution in [1.29, 1.82) is 0 Å². The number of hydrogen-bond acceptors (Lipinski definition) is 9. The number of fused-ring (bicyclic) bond motifs is 1. The lowest BCUT2D eigenvalue weighted by molar-refractivity contribution is -0.0290. The summed E-state index contributed by atoms with van der Waals surface area (Å²) >= 11 is 0. The van der Waals surface area contributed by atoms with E-state index in [9.17, 15) is 8.42 Å². The average Bonchev–Trinajstić information content (AvgIpc) is 3.67. The smallest absolute Gasteiger partial charge is 0.211 e. The van der Waals surface area contributed by atoms with Crippen LogP contribution in [0, 0.1) is 6.92 Å². The summed E-state index contributed by atoms with van der Waals surface area (Å²) in [5, 5.41) is 4.93. The highest BCUT2D eigenvalue weighted by Crippen LogP contribution is 2.37. The zero-order valence-corrected chi connectivity index (χ0v) is 25.5. The van der Waals surface area contributed by atoms with E-state index in [1.54, 1.807) is 0 Å². The van der Waals surface area contributed by atoms with Crippen LogP contribution in [0.25, 0.3) is 28.2 Å². The molecule has 43 heavy (non-hydrogen) atoms. The minimum absolute atomic E-state index is 0.206. The van der Waals surface area contributed by atoms with Crippen LogP contribution < -0.4 is 9.80 Å². The van der Waals surface area contributed by atoms with Gasteiger partial charge in [0.15, 0.2) is 11.5 Å². The van der Waals surface area contributed by atoms with Gasteiger partial charge in [0.1, 0.15) is 11.7 Å². The number of rotatable bonds is 6. The van der Waals surface area contributed by atoms with E-state index in [4.69, 9.17) is 24.5 Å². The van der Waals surface area contributed by atoms with E-state index >= 15 is 0 Å². The minimum Gasteiger partial charge on any atom is -0.378 e. The third kappa shape index (κ3) is 5.62. The molecule has 13 heteroatoms. The number of aromatic nitrogens is 5. The predicted octanol–water partition coefficient (Wildman–Crippen LogP) is 3.21. The van der Waals surface area contributed by atoms with Crippen LogP contribution in [0.15, 0.2) is 42.6 Å². The molecule has 3 aromatic heterocycles. The fourth-order valence-corrected chi connectivity index (χ4v) is 7.06. The molecule has 1 unspecified atom stereocenters. The standard InChI is InChI=1S/C30H38N8O4S/c1-22-6-5-7-23(20-22)24-9-10-37(33-24)26-21-25(34-15-18-41-19-16-34)28-29(31-26)38(27-8-3-4-17-42-27)30(32-28)35-11-13-36(14-12-35)43(2,39)40/h5-7,9-10,20-21,27H,3-4,8,11-19H2,1-2H3. The number of piperazine rings is 1. The SMILES string of the molecule is Cc1cccc(-c2ccn(-c3cc(N4CCOCC4)c4nc(N5CCN(S(C)(=O)=O)CC5)n(C5CCCCO5)c4n3)n2)c1. The molecule has 0 N–H and O–H groups in total. The molecule has 0 spiro atoms. The van der Waals surface area contributed by atoms with E-state index in [1.165, 1.54) is 16.1 Å². The van der Waals surface area contributed by atoms with Gasteiger partial charge in [-0.1, -0.05) is 23.8 Å². The van der Waals surface area contributed by atoms with Crippen molar-refractivity contribution in [2.75, 3.05) is 75.1 Å². The molecule has 4 aromatic rings. The summed E-state index contributed by atoms with van der Waals surface area (Å²) in [5.74, 6) is 1.48. The largest absolute Gasteiger partial charge is 0.378 e. The zero-order valence-electron chi connectivity index (χ0n) is 24.7. The Labute approximate surface area is 251 Å². The molecule has 6 heterocycles. The van der Waals surface area contributed by atoms with Gasteiger partial charge in [-0.05, 0) is 38.3 Å². The second kappa shape index (κ2) is 11.5. The Morgan fingerprint density at radius 1 is 0.907 bits per heavy atom. The quantitative estimate of drug-likeness (QED) is 0.327. The number of ether oxygens (including phenoxy) is 2. The maximum absolute atomic E-state index is 12.2. The minimum atomic E-state index is -3.25. The molecule has 1 aromatic carbocycles. The number of imidazole rings is 1. The summed E-state index contributed by atoms with van der Waals surface area (Å²) in [7, 11) is -3.25. The molecule has 3 aliphatic rings. The van der Waals surface area contributed by atoms with Crippen LogP contribution in [0.3, 0.4) is 0 Å². The number of aryl methyl sites for hydroxylation is 1. The first-order valence-corrected chi connectivity index (χ1v) is 16.9. The van der Waals surface area contributed by atoms with Crippen LogP contribution in [0.5, 0.6) is 0 Å². The van der Waals surface area contributed by atoms with Gasteiger partial charge in [-0.3, -0.25) is 4.57 Å². The molecule has 3 fully saturated rings. The van der Waals surface area contributed by atoms with Crippen molar-refractivity contribution in [3.8, 4) is 17.1 Å². The highest BCUT2D eigenvalue weighted by atomic mass is 32.2. The van der Waals surface area contributed by atoms with Crippen molar-refractivity contribution >= 4 is 32.8 Å². The monoisotopic (exact) mass is 606 g/mol. The van der Waals surface area contributed by atoms with Crippen molar-refractivity contribution in [2.24, 2.45) is 0 Å². The first-order valence-electron chi connectivity index (χ1n) is 15.1. The molecule has 0 bridgehead atoms. The molecule has 0 amide bonds. The first-order chi connectivity index (χ1) is 20.8. The van der Waals surface area contributed by atoms with E-state index in [-0.39, 0.29) is 6.23 Å². The van der Waals surface area contributed by atoms with Gasteiger partial charge in [0, 0.05) is 63.7 Å². The fourth-order valence-electron chi connectivity index (χ4n) is 6.23. The summed E-state index contributed by atoms with van der Waals surface area (Å²) in [4.78, 5) is 14.9. The molecular formula is C30H38N8O4S. The summed E-state index contributed by atoms with van der Waals surface area (Å²) in [6.07, 6.45) is 5.96. The van der Waals surface area contributed by atoms with E-state index in [2.05, 4.69) is 45.6 Å². The van der Waals surface area contributed by atoms with Crippen molar-refractivity contribution in [1.82, 2.24) is 28.6 Å². The van der Waals surface area contributed by atoms with Crippen LogP contribution >= 0.6 is 0 Å². The molecule has 12 nitrogen and oxygen atoms in total. The third-order valence-corrected chi connectivity index (χ3v) is 9.82. The van der Waals surface area contributed by atoms with E-state index in [0.29, 0.717) is 51.8 Å². The summed E-state index contributed by atoms with van der Waals surface area (Å²) < 4.78 is 42.0. The molecule has 3 saturated heterocycles. The number of anilines is 2.